The van der Waals surface area contributed by atoms with Gasteiger partial charge in [-0.2, -0.15) is 0 Å². The maximum absolute atomic E-state index is 12.7. The Morgan fingerprint density at radius 3 is 2.16 bits per heavy atom. The first-order chi connectivity index (χ1) is 9.13. The summed E-state index contributed by atoms with van der Waals surface area (Å²) >= 11 is 0. The zero-order valence-corrected chi connectivity index (χ0v) is 10.2. The van der Waals surface area contributed by atoms with Crippen LogP contribution in [0.1, 0.15) is 5.56 Å². The standard InChI is InChI=1S/C14H14FN3O/c15-11-3-1-10(2-4-11)9-17-12-5-7-13(8-6-12)18-14(16)19/h1-8,17H,9H2,(H3,16,18,19). The molecule has 0 fully saturated rings. The highest BCUT2D eigenvalue weighted by Gasteiger charge is 1.97. The largest absolute Gasteiger partial charge is 0.381 e. The molecular formula is C14H14FN3O. The van der Waals surface area contributed by atoms with Crippen molar-refractivity contribution in [1.29, 1.82) is 0 Å². The molecule has 19 heavy (non-hydrogen) atoms. The molecule has 0 heterocycles. The summed E-state index contributed by atoms with van der Waals surface area (Å²) in [7, 11) is 0. The summed E-state index contributed by atoms with van der Waals surface area (Å²) in [6, 6.07) is 12.9. The molecular weight excluding hydrogens is 245 g/mol. The van der Waals surface area contributed by atoms with Gasteiger partial charge in [0.1, 0.15) is 5.82 Å². The molecule has 0 bridgehead atoms. The second-order valence-corrected chi connectivity index (χ2v) is 4.05. The van der Waals surface area contributed by atoms with Crippen LogP contribution in [0.3, 0.4) is 0 Å². The molecule has 0 radical (unpaired) electrons. The van der Waals surface area contributed by atoms with Crippen LogP contribution in [0.15, 0.2) is 48.5 Å². The number of hydrogen-bond acceptors (Lipinski definition) is 2. The van der Waals surface area contributed by atoms with Gasteiger partial charge in [0.05, 0.1) is 0 Å². The zero-order valence-electron chi connectivity index (χ0n) is 10.2. The molecule has 4 nitrogen and oxygen atoms in total. The van der Waals surface area contributed by atoms with E-state index in [-0.39, 0.29) is 5.82 Å². The summed E-state index contributed by atoms with van der Waals surface area (Å²) in [5.74, 6) is -0.245. The summed E-state index contributed by atoms with van der Waals surface area (Å²) in [4.78, 5) is 10.7. The first-order valence-electron chi connectivity index (χ1n) is 5.78. The van der Waals surface area contributed by atoms with Crippen molar-refractivity contribution in [1.82, 2.24) is 0 Å². The van der Waals surface area contributed by atoms with E-state index in [0.717, 1.165) is 11.3 Å². The van der Waals surface area contributed by atoms with Crippen LogP contribution in [0.25, 0.3) is 0 Å². The fourth-order valence-electron chi connectivity index (χ4n) is 1.62. The maximum Gasteiger partial charge on any atom is 0.316 e. The molecule has 0 unspecified atom stereocenters. The van der Waals surface area contributed by atoms with Crippen molar-refractivity contribution in [2.45, 2.75) is 6.54 Å². The van der Waals surface area contributed by atoms with Gasteiger partial charge in [-0.05, 0) is 42.0 Å². The molecule has 2 rings (SSSR count). The average molecular weight is 259 g/mol. The van der Waals surface area contributed by atoms with Crippen molar-refractivity contribution in [3.63, 3.8) is 0 Å². The van der Waals surface area contributed by atoms with Gasteiger partial charge < -0.3 is 16.4 Å². The summed E-state index contributed by atoms with van der Waals surface area (Å²) in [5.41, 5.74) is 7.54. The topological polar surface area (TPSA) is 67.2 Å². The van der Waals surface area contributed by atoms with Gasteiger partial charge in [0.2, 0.25) is 0 Å². The maximum atomic E-state index is 12.7. The number of urea groups is 1. The normalized spacial score (nSPS) is 9.95. The number of benzene rings is 2. The second-order valence-electron chi connectivity index (χ2n) is 4.05. The van der Waals surface area contributed by atoms with Crippen molar-refractivity contribution in [2.24, 2.45) is 5.73 Å². The number of hydrogen-bond donors (Lipinski definition) is 3. The highest BCUT2D eigenvalue weighted by atomic mass is 19.1. The van der Waals surface area contributed by atoms with E-state index in [1.54, 1.807) is 24.3 Å². The third-order valence-corrected chi connectivity index (χ3v) is 2.56. The minimum Gasteiger partial charge on any atom is -0.381 e. The first-order valence-corrected chi connectivity index (χ1v) is 5.78. The van der Waals surface area contributed by atoms with E-state index < -0.39 is 6.03 Å². The van der Waals surface area contributed by atoms with Crippen LogP contribution >= 0.6 is 0 Å². The summed E-state index contributed by atoms with van der Waals surface area (Å²) in [6.07, 6.45) is 0. The molecule has 0 aromatic heterocycles. The molecule has 0 aliphatic carbocycles. The molecule has 5 heteroatoms. The Balaban J connectivity index is 1.92. The van der Waals surface area contributed by atoms with Crippen LogP contribution in [0.5, 0.6) is 0 Å². The van der Waals surface area contributed by atoms with Crippen LogP contribution in [0.2, 0.25) is 0 Å². The minimum atomic E-state index is -0.591. The molecule has 2 amide bonds. The van der Waals surface area contributed by atoms with E-state index in [0.29, 0.717) is 12.2 Å². The first kappa shape index (κ1) is 12.9. The molecule has 0 spiro atoms. The van der Waals surface area contributed by atoms with Crippen molar-refractivity contribution < 1.29 is 9.18 Å². The molecule has 2 aromatic rings. The van der Waals surface area contributed by atoms with Crippen LogP contribution in [0, 0.1) is 5.82 Å². The lowest BCUT2D eigenvalue weighted by molar-refractivity contribution is 0.259. The van der Waals surface area contributed by atoms with Crippen molar-refractivity contribution in [3.8, 4) is 0 Å². The molecule has 2 aromatic carbocycles. The van der Waals surface area contributed by atoms with Gasteiger partial charge >= 0.3 is 6.03 Å². The van der Waals surface area contributed by atoms with E-state index in [9.17, 15) is 9.18 Å². The van der Waals surface area contributed by atoms with Crippen LogP contribution in [-0.2, 0) is 6.54 Å². The predicted octanol–water partition coefficient (Wildman–Crippen LogP) is 2.93. The lowest BCUT2D eigenvalue weighted by atomic mass is 10.2. The quantitative estimate of drug-likeness (QED) is 0.790. The SMILES string of the molecule is NC(=O)Nc1ccc(NCc2ccc(F)cc2)cc1. The van der Waals surface area contributed by atoms with E-state index >= 15 is 0 Å². The lowest BCUT2D eigenvalue weighted by Crippen LogP contribution is -2.19. The number of halogens is 1. The molecule has 4 N–H and O–H groups in total. The average Bonchev–Trinajstić information content (AvgIpc) is 2.39. The van der Waals surface area contributed by atoms with Gasteiger partial charge in [0, 0.05) is 17.9 Å². The third kappa shape index (κ3) is 3.99. The van der Waals surface area contributed by atoms with E-state index in [1.165, 1.54) is 12.1 Å². The number of nitrogens with one attached hydrogen (secondary N) is 2. The van der Waals surface area contributed by atoms with E-state index in [2.05, 4.69) is 10.6 Å². The zero-order chi connectivity index (χ0) is 13.7. The number of carbonyl (C=O) groups excluding carboxylic acids is 1. The number of anilines is 2. The van der Waals surface area contributed by atoms with Gasteiger partial charge in [-0.1, -0.05) is 12.1 Å². The minimum absolute atomic E-state index is 0.245. The van der Waals surface area contributed by atoms with Crippen LogP contribution < -0.4 is 16.4 Å². The van der Waals surface area contributed by atoms with Crippen molar-refractivity contribution >= 4 is 17.4 Å². The van der Waals surface area contributed by atoms with E-state index in [4.69, 9.17) is 5.73 Å². The van der Waals surface area contributed by atoms with Gasteiger partial charge in [-0.25, -0.2) is 9.18 Å². The Morgan fingerprint density at radius 1 is 1.00 bits per heavy atom. The monoisotopic (exact) mass is 259 g/mol. The number of nitrogens with two attached hydrogens (primary N) is 1. The Kier molecular flexibility index (Phi) is 3.97. The fourth-order valence-corrected chi connectivity index (χ4v) is 1.62. The smallest absolute Gasteiger partial charge is 0.316 e. The summed E-state index contributed by atoms with van der Waals surface area (Å²) in [6.45, 7) is 0.600. The number of rotatable bonds is 4. The lowest BCUT2D eigenvalue weighted by Gasteiger charge is -2.08. The Morgan fingerprint density at radius 2 is 1.58 bits per heavy atom. The van der Waals surface area contributed by atoms with Crippen molar-refractivity contribution in [2.75, 3.05) is 10.6 Å². The van der Waals surface area contributed by atoms with Gasteiger partial charge in [-0.15, -0.1) is 0 Å². The van der Waals surface area contributed by atoms with Gasteiger partial charge in [0.15, 0.2) is 0 Å². The molecule has 0 atom stereocenters. The molecule has 0 aliphatic rings. The second kappa shape index (κ2) is 5.86. The highest BCUT2D eigenvalue weighted by molar-refractivity contribution is 5.87. The van der Waals surface area contributed by atoms with Crippen LogP contribution in [-0.4, -0.2) is 6.03 Å². The third-order valence-electron chi connectivity index (χ3n) is 2.56. The molecule has 98 valence electrons. The number of primary amides is 1. The Hall–Kier alpha value is -2.56. The Bertz CT molecular complexity index is 552. The predicted molar refractivity (Wildman–Crippen MR) is 73.4 cm³/mol. The van der Waals surface area contributed by atoms with Crippen LogP contribution in [0.4, 0.5) is 20.6 Å². The summed E-state index contributed by atoms with van der Waals surface area (Å²) in [5, 5.41) is 5.68. The summed E-state index contributed by atoms with van der Waals surface area (Å²) < 4.78 is 12.7. The molecule has 0 saturated heterocycles. The highest BCUT2D eigenvalue weighted by Crippen LogP contribution is 2.14. The Labute approximate surface area is 110 Å². The van der Waals surface area contributed by atoms with Gasteiger partial charge in [0.25, 0.3) is 0 Å². The fraction of sp³-hybridized carbons (Fsp3) is 0.0714. The number of carbonyl (C=O) groups is 1. The molecule has 0 saturated carbocycles. The van der Waals surface area contributed by atoms with Crippen molar-refractivity contribution in [3.05, 3.63) is 59.9 Å². The molecule has 0 aliphatic heterocycles. The number of amides is 2. The van der Waals surface area contributed by atoms with E-state index in [1.807, 2.05) is 12.1 Å². The van der Waals surface area contributed by atoms with Gasteiger partial charge in [-0.3, -0.25) is 0 Å².